The molecule has 4 aromatic rings. The standard InChI is InChI=1S/C16H12FN7O2/c1-9-18-14(23-24(9)11-6-4-10(17)5-7-11)15(25)20-16-19-13(21-22-16)12-3-2-8-26-12/h2-8H,1H3,(H2,19,20,21,22,25). The Kier molecular flexibility index (Phi) is 3.77. The fraction of sp³-hybridized carbons (Fsp3) is 0.0625. The zero-order chi connectivity index (χ0) is 18.1. The first-order valence-corrected chi connectivity index (χ1v) is 7.57. The van der Waals surface area contributed by atoms with Crippen LogP contribution in [0.2, 0.25) is 0 Å². The minimum atomic E-state index is -0.570. The Bertz CT molecular complexity index is 1050. The minimum Gasteiger partial charge on any atom is -0.461 e. The molecule has 0 aliphatic rings. The molecule has 0 aliphatic heterocycles. The molecule has 0 bridgehead atoms. The number of nitrogens with zero attached hydrogens (tertiary/aromatic N) is 5. The van der Waals surface area contributed by atoms with Gasteiger partial charge in [0, 0.05) is 0 Å². The van der Waals surface area contributed by atoms with Gasteiger partial charge in [-0.05, 0) is 43.3 Å². The lowest BCUT2D eigenvalue weighted by atomic mass is 10.3. The Morgan fingerprint density at radius 1 is 1.23 bits per heavy atom. The zero-order valence-electron chi connectivity index (χ0n) is 13.5. The predicted molar refractivity (Wildman–Crippen MR) is 88.1 cm³/mol. The number of hydrogen-bond acceptors (Lipinski definition) is 6. The number of aromatic nitrogens is 6. The second kappa shape index (κ2) is 6.24. The SMILES string of the molecule is Cc1nc(C(=O)Nc2n[nH]c(-c3ccco3)n2)nn1-c1ccc(F)cc1. The van der Waals surface area contributed by atoms with Crippen molar-refractivity contribution >= 4 is 11.9 Å². The van der Waals surface area contributed by atoms with Gasteiger partial charge in [-0.2, -0.15) is 4.98 Å². The van der Waals surface area contributed by atoms with Crippen molar-refractivity contribution < 1.29 is 13.6 Å². The summed E-state index contributed by atoms with van der Waals surface area (Å²) in [5.74, 6) is 0.431. The second-order valence-electron chi connectivity index (χ2n) is 5.31. The van der Waals surface area contributed by atoms with Crippen molar-refractivity contribution in [2.75, 3.05) is 5.32 Å². The summed E-state index contributed by atoms with van der Waals surface area (Å²) in [7, 11) is 0. The number of aromatic amines is 1. The van der Waals surface area contributed by atoms with E-state index in [9.17, 15) is 9.18 Å². The summed E-state index contributed by atoms with van der Waals surface area (Å²) in [5, 5.41) is 13.2. The normalized spacial score (nSPS) is 10.8. The highest BCUT2D eigenvalue weighted by Gasteiger charge is 2.18. The number of aryl methyl sites for hydroxylation is 1. The van der Waals surface area contributed by atoms with Crippen LogP contribution in [0.5, 0.6) is 0 Å². The van der Waals surface area contributed by atoms with E-state index >= 15 is 0 Å². The summed E-state index contributed by atoms with van der Waals surface area (Å²) in [6, 6.07) is 9.12. The van der Waals surface area contributed by atoms with Crippen LogP contribution in [0, 0.1) is 12.7 Å². The topological polar surface area (TPSA) is 115 Å². The molecule has 0 saturated carbocycles. The van der Waals surface area contributed by atoms with Crippen LogP contribution in [0.1, 0.15) is 16.4 Å². The summed E-state index contributed by atoms with van der Waals surface area (Å²) in [4.78, 5) is 20.6. The average molecular weight is 353 g/mol. The van der Waals surface area contributed by atoms with Gasteiger partial charge in [0.1, 0.15) is 11.6 Å². The van der Waals surface area contributed by atoms with Crippen molar-refractivity contribution in [2.24, 2.45) is 0 Å². The van der Waals surface area contributed by atoms with E-state index in [2.05, 4.69) is 30.6 Å². The first-order valence-electron chi connectivity index (χ1n) is 7.57. The third-order valence-corrected chi connectivity index (χ3v) is 3.51. The molecule has 3 aromatic heterocycles. The number of H-pyrrole nitrogens is 1. The van der Waals surface area contributed by atoms with Crippen LogP contribution >= 0.6 is 0 Å². The maximum atomic E-state index is 13.0. The van der Waals surface area contributed by atoms with Crippen molar-refractivity contribution in [1.29, 1.82) is 0 Å². The molecule has 4 rings (SSSR count). The van der Waals surface area contributed by atoms with Crippen LogP contribution in [0.25, 0.3) is 17.3 Å². The monoisotopic (exact) mass is 353 g/mol. The lowest BCUT2D eigenvalue weighted by Crippen LogP contribution is -2.15. The van der Waals surface area contributed by atoms with Crippen molar-refractivity contribution in [3.63, 3.8) is 0 Å². The molecule has 0 radical (unpaired) electrons. The molecule has 0 spiro atoms. The molecular formula is C16H12FN7O2. The van der Waals surface area contributed by atoms with Crippen LogP contribution in [0.4, 0.5) is 10.3 Å². The minimum absolute atomic E-state index is 0.0591. The van der Waals surface area contributed by atoms with E-state index in [1.807, 2.05) is 0 Å². The number of carbonyl (C=O) groups excluding carboxylic acids is 1. The Morgan fingerprint density at radius 3 is 2.77 bits per heavy atom. The van der Waals surface area contributed by atoms with E-state index in [0.29, 0.717) is 23.1 Å². The van der Waals surface area contributed by atoms with Gasteiger partial charge >= 0.3 is 0 Å². The highest BCUT2D eigenvalue weighted by molar-refractivity contribution is 6.00. The first-order chi connectivity index (χ1) is 12.6. The quantitative estimate of drug-likeness (QED) is 0.582. The summed E-state index contributed by atoms with van der Waals surface area (Å²) in [5.41, 5.74) is 0.591. The summed E-state index contributed by atoms with van der Waals surface area (Å²) >= 11 is 0. The number of halogens is 1. The maximum Gasteiger partial charge on any atom is 0.297 e. The first kappa shape index (κ1) is 15.7. The molecule has 1 aromatic carbocycles. The predicted octanol–water partition coefficient (Wildman–Crippen LogP) is 2.35. The Labute approximate surface area is 145 Å². The van der Waals surface area contributed by atoms with Crippen LogP contribution in [0.15, 0.2) is 47.1 Å². The highest BCUT2D eigenvalue weighted by atomic mass is 19.1. The van der Waals surface area contributed by atoms with Crippen molar-refractivity contribution in [3.05, 3.63) is 60.1 Å². The zero-order valence-corrected chi connectivity index (χ0v) is 13.5. The lowest BCUT2D eigenvalue weighted by Gasteiger charge is -2.01. The number of hydrogen-bond donors (Lipinski definition) is 2. The smallest absolute Gasteiger partial charge is 0.297 e. The average Bonchev–Trinajstić information content (AvgIpc) is 3.36. The number of benzene rings is 1. The number of furan rings is 1. The van der Waals surface area contributed by atoms with E-state index in [1.165, 1.54) is 23.1 Å². The van der Waals surface area contributed by atoms with E-state index in [1.54, 1.807) is 31.2 Å². The van der Waals surface area contributed by atoms with Gasteiger partial charge < -0.3 is 4.42 Å². The van der Waals surface area contributed by atoms with Crippen molar-refractivity contribution in [2.45, 2.75) is 6.92 Å². The molecule has 1 amide bonds. The van der Waals surface area contributed by atoms with Gasteiger partial charge in [-0.25, -0.2) is 14.1 Å². The molecule has 3 heterocycles. The third-order valence-electron chi connectivity index (χ3n) is 3.51. The molecule has 0 atom stereocenters. The van der Waals surface area contributed by atoms with E-state index < -0.39 is 5.91 Å². The summed E-state index contributed by atoms with van der Waals surface area (Å²) in [6.45, 7) is 1.69. The fourth-order valence-electron chi connectivity index (χ4n) is 2.31. The summed E-state index contributed by atoms with van der Waals surface area (Å²) in [6.07, 6.45) is 1.50. The van der Waals surface area contributed by atoms with E-state index in [-0.39, 0.29) is 17.6 Å². The molecule has 0 aliphatic carbocycles. The molecule has 9 nitrogen and oxygen atoms in total. The van der Waals surface area contributed by atoms with Gasteiger partial charge in [0.25, 0.3) is 5.91 Å². The lowest BCUT2D eigenvalue weighted by molar-refractivity contribution is 0.101. The van der Waals surface area contributed by atoms with E-state index in [0.717, 1.165) is 0 Å². The molecule has 130 valence electrons. The van der Waals surface area contributed by atoms with Crippen LogP contribution in [-0.4, -0.2) is 35.9 Å². The number of rotatable bonds is 4. The number of anilines is 1. The Morgan fingerprint density at radius 2 is 2.04 bits per heavy atom. The van der Waals surface area contributed by atoms with Gasteiger partial charge in [0.2, 0.25) is 11.8 Å². The second-order valence-corrected chi connectivity index (χ2v) is 5.31. The maximum absolute atomic E-state index is 13.0. The van der Waals surface area contributed by atoms with Gasteiger partial charge in [-0.15, -0.1) is 10.2 Å². The molecule has 0 saturated heterocycles. The Balaban J connectivity index is 1.54. The molecule has 0 fully saturated rings. The molecule has 2 N–H and O–H groups in total. The Hall–Kier alpha value is -3.82. The molecular weight excluding hydrogens is 341 g/mol. The van der Waals surface area contributed by atoms with Crippen LogP contribution in [0.3, 0.4) is 0 Å². The number of carbonyl (C=O) groups is 1. The molecule has 26 heavy (non-hydrogen) atoms. The number of amides is 1. The fourth-order valence-corrected chi connectivity index (χ4v) is 2.31. The number of nitrogens with one attached hydrogen (secondary N) is 2. The van der Waals surface area contributed by atoms with Crippen LogP contribution < -0.4 is 5.32 Å². The summed E-state index contributed by atoms with van der Waals surface area (Å²) < 4.78 is 19.7. The highest BCUT2D eigenvalue weighted by Crippen LogP contribution is 2.16. The van der Waals surface area contributed by atoms with Gasteiger partial charge in [0.05, 0.1) is 12.0 Å². The largest absolute Gasteiger partial charge is 0.461 e. The third kappa shape index (κ3) is 2.95. The molecule has 10 heteroatoms. The van der Waals surface area contributed by atoms with Gasteiger partial charge in [-0.3, -0.25) is 15.2 Å². The van der Waals surface area contributed by atoms with Gasteiger partial charge in [0.15, 0.2) is 11.6 Å². The van der Waals surface area contributed by atoms with E-state index in [4.69, 9.17) is 4.42 Å². The molecule has 0 unspecified atom stereocenters. The van der Waals surface area contributed by atoms with Crippen molar-refractivity contribution in [1.82, 2.24) is 29.9 Å². The van der Waals surface area contributed by atoms with Crippen molar-refractivity contribution in [3.8, 4) is 17.3 Å². The van der Waals surface area contributed by atoms with Gasteiger partial charge in [-0.1, -0.05) is 0 Å². The van der Waals surface area contributed by atoms with Crippen LogP contribution in [-0.2, 0) is 0 Å².